The number of rotatable bonds is 4. The van der Waals surface area contributed by atoms with Gasteiger partial charge in [-0.05, 0) is 25.5 Å². The highest BCUT2D eigenvalue weighted by molar-refractivity contribution is 6.11. The molecule has 1 aliphatic rings. The normalized spacial score (nSPS) is 13.8. The Morgan fingerprint density at radius 2 is 1.85 bits per heavy atom. The van der Waals surface area contributed by atoms with Crippen LogP contribution in [0, 0.1) is 6.92 Å². The highest BCUT2D eigenvalue weighted by atomic mass is 16.5. The maximum atomic E-state index is 13.0. The minimum absolute atomic E-state index is 0.0721. The van der Waals surface area contributed by atoms with Crippen LogP contribution in [0.5, 0.6) is 0 Å². The van der Waals surface area contributed by atoms with Crippen molar-refractivity contribution < 1.29 is 14.1 Å². The van der Waals surface area contributed by atoms with E-state index in [4.69, 9.17) is 4.52 Å². The number of benzene rings is 2. The van der Waals surface area contributed by atoms with Crippen molar-refractivity contribution >= 4 is 23.2 Å². The van der Waals surface area contributed by atoms with Crippen LogP contribution in [0.4, 0.5) is 11.4 Å². The molecule has 0 unspecified atom stereocenters. The lowest BCUT2D eigenvalue weighted by Crippen LogP contribution is -2.25. The number of aromatic nitrogens is 1. The second-order valence-electron chi connectivity index (χ2n) is 6.45. The first-order valence-corrected chi connectivity index (χ1v) is 8.87. The molecule has 1 saturated heterocycles. The van der Waals surface area contributed by atoms with Gasteiger partial charge in [-0.2, -0.15) is 0 Å². The molecular weight excluding hydrogens is 342 g/mol. The van der Waals surface area contributed by atoms with Gasteiger partial charge in [0.2, 0.25) is 5.91 Å². The van der Waals surface area contributed by atoms with E-state index in [-0.39, 0.29) is 11.8 Å². The summed E-state index contributed by atoms with van der Waals surface area (Å²) in [5.74, 6) is 0.204. The fraction of sp³-hybridized carbons (Fsp3) is 0.190. The first-order chi connectivity index (χ1) is 13.1. The van der Waals surface area contributed by atoms with Crippen LogP contribution >= 0.6 is 0 Å². The molecule has 2 aromatic carbocycles. The number of carbonyl (C=O) groups is 2. The maximum absolute atomic E-state index is 13.0. The van der Waals surface area contributed by atoms with Crippen LogP contribution < -0.4 is 10.2 Å². The largest absolute Gasteiger partial charge is 0.360 e. The van der Waals surface area contributed by atoms with Gasteiger partial charge in [-0.25, -0.2) is 0 Å². The number of hydrogen-bond acceptors (Lipinski definition) is 4. The zero-order chi connectivity index (χ0) is 18.8. The number of aryl methyl sites for hydroxylation is 1. The van der Waals surface area contributed by atoms with Gasteiger partial charge in [-0.1, -0.05) is 47.6 Å². The van der Waals surface area contributed by atoms with E-state index in [9.17, 15) is 9.59 Å². The molecule has 4 rings (SSSR count). The first-order valence-electron chi connectivity index (χ1n) is 8.87. The third kappa shape index (κ3) is 3.21. The van der Waals surface area contributed by atoms with Crippen molar-refractivity contribution in [3.63, 3.8) is 0 Å². The van der Waals surface area contributed by atoms with Crippen molar-refractivity contribution in [3.8, 4) is 11.3 Å². The van der Waals surface area contributed by atoms with E-state index in [1.807, 2.05) is 48.5 Å². The zero-order valence-electron chi connectivity index (χ0n) is 14.9. The summed E-state index contributed by atoms with van der Waals surface area (Å²) in [6.07, 6.45) is 1.36. The van der Waals surface area contributed by atoms with Gasteiger partial charge in [0.1, 0.15) is 17.0 Å². The van der Waals surface area contributed by atoms with Gasteiger partial charge in [0.15, 0.2) is 0 Å². The number of carbonyl (C=O) groups excluding carboxylic acids is 2. The molecule has 2 heterocycles. The van der Waals surface area contributed by atoms with Gasteiger partial charge in [0, 0.05) is 18.5 Å². The van der Waals surface area contributed by atoms with Crippen LogP contribution in [-0.2, 0) is 4.79 Å². The second-order valence-corrected chi connectivity index (χ2v) is 6.45. The van der Waals surface area contributed by atoms with Gasteiger partial charge in [-0.15, -0.1) is 0 Å². The molecule has 0 radical (unpaired) electrons. The first kappa shape index (κ1) is 17.0. The molecule has 1 fully saturated rings. The third-order valence-corrected chi connectivity index (χ3v) is 4.65. The Morgan fingerprint density at radius 3 is 2.59 bits per heavy atom. The molecule has 1 N–H and O–H groups in total. The van der Waals surface area contributed by atoms with Gasteiger partial charge >= 0.3 is 0 Å². The number of amides is 2. The van der Waals surface area contributed by atoms with Crippen LogP contribution in [-0.4, -0.2) is 23.5 Å². The topological polar surface area (TPSA) is 75.4 Å². The predicted octanol–water partition coefficient (Wildman–Crippen LogP) is 4.03. The number of hydrogen-bond donors (Lipinski definition) is 1. The van der Waals surface area contributed by atoms with E-state index in [0.717, 1.165) is 12.0 Å². The molecule has 1 aromatic heterocycles. The molecule has 2 amide bonds. The summed E-state index contributed by atoms with van der Waals surface area (Å²) >= 11 is 0. The van der Waals surface area contributed by atoms with Crippen LogP contribution in [0.2, 0.25) is 0 Å². The van der Waals surface area contributed by atoms with Crippen molar-refractivity contribution in [3.05, 3.63) is 65.9 Å². The molecule has 136 valence electrons. The summed E-state index contributed by atoms with van der Waals surface area (Å²) in [6.45, 7) is 2.37. The average Bonchev–Trinajstić information content (AvgIpc) is 3.28. The number of nitrogens with one attached hydrogen (secondary N) is 1. The third-order valence-electron chi connectivity index (χ3n) is 4.65. The fourth-order valence-corrected chi connectivity index (χ4v) is 3.33. The minimum atomic E-state index is -0.313. The Hall–Kier alpha value is -3.41. The number of nitrogens with zero attached hydrogens (tertiary/aromatic N) is 2. The van der Waals surface area contributed by atoms with Gasteiger partial charge in [0.05, 0.1) is 11.4 Å². The molecule has 0 bridgehead atoms. The molecule has 0 aliphatic carbocycles. The highest BCUT2D eigenvalue weighted by Gasteiger charge is 2.26. The molecule has 6 heteroatoms. The lowest BCUT2D eigenvalue weighted by molar-refractivity contribution is -0.117. The predicted molar refractivity (Wildman–Crippen MR) is 103 cm³/mol. The van der Waals surface area contributed by atoms with Crippen molar-refractivity contribution in [2.24, 2.45) is 0 Å². The molecule has 0 spiro atoms. The van der Waals surface area contributed by atoms with Gasteiger partial charge in [-0.3, -0.25) is 9.59 Å². The summed E-state index contributed by atoms with van der Waals surface area (Å²) in [7, 11) is 0. The Labute approximate surface area is 156 Å². The Bertz CT molecular complexity index is 995. The molecule has 0 atom stereocenters. The monoisotopic (exact) mass is 361 g/mol. The van der Waals surface area contributed by atoms with E-state index in [1.54, 1.807) is 17.9 Å². The summed E-state index contributed by atoms with van der Waals surface area (Å²) in [4.78, 5) is 26.9. The summed E-state index contributed by atoms with van der Waals surface area (Å²) in [6, 6.07) is 16.8. The van der Waals surface area contributed by atoms with Crippen molar-refractivity contribution in [2.75, 3.05) is 16.8 Å². The van der Waals surface area contributed by atoms with E-state index in [1.165, 1.54) is 0 Å². The quantitative estimate of drug-likeness (QED) is 0.761. The highest BCUT2D eigenvalue weighted by Crippen LogP contribution is 2.31. The van der Waals surface area contributed by atoms with Crippen LogP contribution in [0.3, 0.4) is 0 Å². The molecule has 27 heavy (non-hydrogen) atoms. The van der Waals surface area contributed by atoms with Crippen molar-refractivity contribution in [1.29, 1.82) is 0 Å². The van der Waals surface area contributed by atoms with Crippen LogP contribution in [0.1, 0.15) is 29.0 Å². The zero-order valence-corrected chi connectivity index (χ0v) is 14.9. The summed E-state index contributed by atoms with van der Waals surface area (Å²) in [5, 5.41) is 6.99. The van der Waals surface area contributed by atoms with Crippen LogP contribution in [0.15, 0.2) is 59.1 Å². The lowest BCUT2D eigenvalue weighted by atomic mass is 10.1. The van der Waals surface area contributed by atoms with Crippen molar-refractivity contribution in [2.45, 2.75) is 19.8 Å². The second kappa shape index (κ2) is 7.07. The Balaban J connectivity index is 1.67. The fourth-order valence-electron chi connectivity index (χ4n) is 3.33. The smallest absolute Gasteiger partial charge is 0.261 e. The molecule has 3 aromatic rings. The summed E-state index contributed by atoms with van der Waals surface area (Å²) < 4.78 is 5.28. The SMILES string of the molecule is Cc1onc(-c2ccccc2)c1C(=O)Nc1ccccc1N1CCCC1=O. The van der Waals surface area contributed by atoms with E-state index in [0.29, 0.717) is 41.4 Å². The van der Waals surface area contributed by atoms with Gasteiger partial charge < -0.3 is 14.7 Å². The van der Waals surface area contributed by atoms with E-state index in [2.05, 4.69) is 10.5 Å². The minimum Gasteiger partial charge on any atom is -0.360 e. The number of para-hydroxylation sites is 2. The maximum Gasteiger partial charge on any atom is 0.261 e. The van der Waals surface area contributed by atoms with Crippen LogP contribution in [0.25, 0.3) is 11.3 Å². The molecule has 0 saturated carbocycles. The van der Waals surface area contributed by atoms with E-state index < -0.39 is 0 Å². The molecule has 6 nitrogen and oxygen atoms in total. The average molecular weight is 361 g/mol. The summed E-state index contributed by atoms with van der Waals surface area (Å²) in [5.41, 5.74) is 3.01. The molecular formula is C21H19N3O3. The van der Waals surface area contributed by atoms with E-state index >= 15 is 0 Å². The number of anilines is 2. The van der Waals surface area contributed by atoms with Crippen molar-refractivity contribution in [1.82, 2.24) is 5.16 Å². The standard InChI is InChI=1S/C21H19N3O3/c1-14-19(20(23-27-14)15-8-3-2-4-9-15)21(26)22-16-10-5-6-11-17(16)24-13-7-12-18(24)25/h2-6,8-11H,7,12-13H2,1H3,(H,22,26). The Kier molecular flexibility index (Phi) is 4.46. The Morgan fingerprint density at radius 1 is 1.11 bits per heavy atom. The lowest BCUT2D eigenvalue weighted by Gasteiger charge is -2.20. The van der Waals surface area contributed by atoms with Gasteiger partial charge in [0.25, 0.3) is 5.91 Å². The molecule has 1 aliphatic heterocycles.